The van der Waals surface area contributed by atoms with Crippen LogP contribution in [0.3, 0.4) is 0 Å². The number of phenolic OH excluding ortho intramolecular Hbond substituents is 1. The van der Waals surface area contributed by atoms with E-state index in [-0.39, 0.29) is 48.9 Å². The molecule has 6 atom stereocenters. The van der Waals surface area contributed by atoms with E-state index in [9.17, 15) is 40.6 Å². The number of aliphatic hydroxyl groups is 1. The van der Waals surface area contributed by atoms with Gasteiger partial charge in [-0.1, -0.05) is 25.1 Å². The zero-order valence-corrected chi connectivity index (χ0v) is 26.1. The van der Waals surface area contributed by atoms with Gasteiger partial charge in [-0.2, -0.15) is 22.0 Å². The van der Waals surface area contributed by atoms with E-state index in [2.05, 4.69) is 13.0 Å². The van der Waals surface area contributed by atoms with Gasteiger partial charge in [-0.15, -0.1) is 0 Å². The smallest absolute Gasteiger partial charge is 0.453 e. The number of alkyl halides is 5. The molecule has 0 heterocycles. The fraction of sp³-hybridized carbons (Fsp3) is 0.636. The molecule has 250 valence electrons. The molecule has 0 saturated heterocycles. The average molecular weight is 661 g/mol. The van der Waals surface area contributed by atoms with Crippen LogP contribution in [0.1, 0.15) is 74.0 Å². The lowest BCUT2D eigenvalue weighted by Gasteiger charge is -2.54. The van der Waals surface area contributed by atoms with Crippen molar-refractivity contribution in [1.29, 1.82) is 0 Å². The molecule has 3 aliphatic carbocycles. The van der Waals surface area contributed by atoms with Gasteiger partial charge in [0.1, 0.15) is 18.1 Å². The van der Waals surface area contributed by atoms with Gasteiger partial charge in [0.15, 0.2) is 9.84 Å². The maximum absolute atomic E-state index is 13.0. The summed E-state index contributed by atoms with van der Waals surface area (Å²) in [5, 5.41) is 21.2. The van der Waals surface area contributed by atoms with E-state index in [1.54, 1.807) is 6.07 Å². The number of ether oxygens (including phenoxy) is 2. The molecule has 45 heavy (non-hydrogen) atoms. The number of fused-ring (bicyclic) bond motifs is 5. The second kappa shape index (κ2) is 13.0. The van der Waals surface area contributed by atoms with Crippen molar-refractivity contribution in [3.8, 4) is 11.5 Å². The molecule has 2 saturated carbocycles. The minimum absolute atomic E-state index is 0.0665. The first-order chi connectivity index (χ1) is 21.1. The predicted octanol–water partition coefficient (Wildman–Crippen LogP) is 6.79. The van der Waals surface area contributed by atoms with Gasteiger partial charge < -0.3 is 19.7 Å². The highest BCUT2D eigenvalue weighted by Gasteiger charge is 2.58. The van der Waals surface area contributed by atoms with Gasteiger partial charge >= 0.3 is 12.1 Å². The van der Waals surface area contributed by atoms with Crippen molar-refractivity contribution in [2.75, 3.05) is 31.3 Å². The Morgan fingerprint density at radius 3 is 2.40 bits per heavy atom. The van der Waals surface area contributed by atoms with Crippen molar-refractivity contribution in [3.63, 3.8) is 0 Å². The molecule has 5 rings (SSSR count). The van der Waals surface area contributed by atoms with Crippen LogP contribution < -0.4 is 4.74 Å². The first-order valence-corrected chi connectivity index (χ1v) is 17.4. The molecule has 0 unspecified atom stereocenters. The SMILES string of the molecule is C[C@]12C[C@H](c3ccc(OCCOCCS(=O)(=O)CCCC(F)(F)C(F)(F)F)cc3)[C@@H]3c4ccc(O)cc4CC[C@H]3[C@@H]1CC[C@@H]2O. The summed E-state index contributed by atoms with van der Waals surface area (Å²) >= 11 is 0. The average Bonchev–Trinajstić information content (AvgIpc) is 3.27. The summed E-state index contributed by atoms with van der Waals surface area (Å²) in [7, 11) is -3.84. The molecule has 0 aromatic heterocycles. The minimum Gasteiger partial charge on any atom is -0.508 e. The quantitative estimate of drug-likeness (QED) is 0.193. The molecule has 0 bridgehead atoms. The molecule has 2 fully saturated rings. The van der Waals surface area contributed by atoms with Gasteiger partial charge in [0.05, 0.1) is 30.8 Å². The molecule has 0 aliphatic heterocycles. The predicted molar refractivity (Wildman–Crippen MR) is 159 cm³/mol. The molecule has 3 aliphatic rings. The Bertz CT molecular complexity index is 1430. The van der Waals surface area contributed by atoms with E-state index < -0.39 is 46.3 Å². The van der Waals surface area contributed by atoms with Crippen molar-refractivity contribution in [3.05, 3.63) is 59.2 Å². The summed E-state index contributed by atoms with van der Waals surface area (Å²) in [6, 6.07) is 13.6. The number of hydrogen-bond donors (Lipinski definition) is 2. The van der Waals surface area contributed by atoms with E-state index >= 15 is 0 Å². The number of aliphatic hydroxyl groups excluding tert-OH is 1. The third kappa shape index (κ3) is 7.27. The first-order valence-electron chi connectivity index (χ1n) is 15.6. The van der Waals surface area contributed by atoms with Crippen molar-refractivity contribution in [2.24, 2.45) is 17.3 Å². The summed E-state index contributed by atoms with van der Waals surface area (Å²) in [5.41, 5.74) is 3.48. The Balaban J connectivity index is 1.14. The van der Waals surface area contributed by atoms with Crippen molar-refractivity contribution < 1.29 is 50.1 Å². The number of phenols is 1. The van der Waals surface area contributed by atoms with E-state index in [1.165, 1.54) is 11.1 Å². The van der Waals surface area contributed by atoms with Crippen molar-refractivity contribution in [2.45, 2.75) is 81.9 Å². The second-order valence-electron chi connectivity index (χ2n) is 13.1. The first kappa shape index (κ1) is 33.9. The highest BCUT2D eigenvalue weighted by atomic mass is 32.2. The summed E-state index contributed by atoms with van der Waals surface area (Å²) in [6.07, 6.45) is -3.75. The van der Waals surface area contributed by atoms with Gasteiger partial charge in [0.2, 0.25) is 0 Å². The van der Waals surface area contributed by atoms with Crippen LogP contribution in [0.5, 0.6) is 11.5 Å². The Labute approximate surface area is 260 Å². The maximum Gasteiger partial charge on any atom is 0.453 e. The zero-order chi connectivity index (χ0) is 32.6. The van der Waals surface area contributed by atoms with Crippen LogP contribution in [-0.4, -0.2) is 68.2 Å². The lowest BCUT2D eigenvalue weighted by Crippen LogP contribution is -2.47. The highest BCUT2D eigenvalue weighted by molar-refractivity contribution is 7.91. The molecule has 6 nitrogen and oxygen atoms in total. The van der Waals surface area contributed by atoms with Crippen LogP contribution in [0.25, 0.3) is 0 Å². The van der Waals surface area contributed by atoms with E-state index in [1.807, 2.05) is 30.3 Å². The van der Waals surface area contributed by atoms with Crippen LogP contribution in [0, 0.1) is 17.3 Å². The number of halogens is 5. The monoisotopic (exact) mass is 660 g/mol. The molecule has 12 heteroatoms. The second-order valence-corrected chi connectivity index (χ2v) is 15.4. The van der Waals surface area contributed by atoms with E-state index in [0.717, 1.165) is 37.7 Å². The summed E-state index contributed by atoms with van der Waals surface area (Å²) in [5.74, 6) is -3.93. The lowest BCUT2D eigenvalue weighted by molar-refractivity contribution is -0.284. The molecule has 0 radical (unpaired) electrons. The molecule has 2 aromatic rings. The zero-order valence-electron chi connectivity index (χ0n) is 25.2. The topological polar surface area (TPSA) is 93.1 Å². The molecule has 0 spiro atoms. The van der Waals surface area contributed by atoms with Crippen molar-refractivity contribution in [1.82, 2.24) is 0 Å². The standard InChI is InChI=1S/C33H41F5O6S/c1-31-20-27(30-25-10-6-23(39)19-22(25)5-9-26(30)28(31)11-12-29(31)40)21-3-7-24(8-4-21)44-15-14-43-16-18-45(41,42)17-2-13-32(34,35)33(36,37)38/h3-4,6-8,10,19,26-30,39-40H,2,5,9,11-18,20H2,1H3/t26-,27+,28-,29-,30+,31-/m0/s1. The van der Waals surface area contributed by atoms with Gasteiger partial charge in [-0.3, -0.25) is 0 Å². The summed E-state index contributed by atoms with van der Waals surface area (Å²) < 4.78 is 97.8. The molecule has 0 amide bonds. The Hall–Kier alpha value is -2.44. The third-order valence-corrected chi connectivity index (χ3v) is 12.1. The molecular weight excluding hydrogens is 619 g/mol. The summed E-state index contributed by atoms with van der Waals surface area (Å²) in [6.45, 7) is 2.21. The lowest BCUT2D eigenvalue weighted by atomic mass is 9.51. The summed E-state index contributed by atoms with van der Waals surface area (Å²) in [4.78, 5) is 0. The number of aromatic hydroxyl groups is 1. The maximum atomic E-state index is 13.0. The van der Waals surface area contributed by atoms with E-state index in [0.29, 0.717) is 17.6 Å². The van der Waals surface area contributed by atoms with Gasteiger partial charge in [-0.25, -0.2) is 8.42 Å². The third-order valence-electron chi connectivity index (χ3n) is 10.4. The number of benzene rings is 2. The Morgan fingerprint density at radius 1 is 0.956 bits per heavy atom. The minimum atomic E-state index is -5.70. The van der Waals surface area contributed by atoms with Crippen molar-refractivity contribution >= 4 is 9.84 Å². The molecular formula is C33H41F5O6S. The highest BCUT2D eigenvalue weighted by Crippen LogP contribution is 2.65. The van der Waals surface area contributed by atoms with Crippen LogP contribution in [0.15, 0.2) is 42.5 Å². The van der Waals surface area contributed by atoms with Crippen LogP contribution in [0.4, 0.5) is 22.0 Å². The van der Waals surface area contributed by atoms with Crippen LogP contribution in [0.2, 0.25) is 0 Å². The van der Waals surface area contributed by atoms with Crippen LogP contribution in [-0.2, 0) is 21.0 Å². The number of hydrogen-bond acceptors (Lipinski definition) is 6. The largest absolute Gasteiger partial charge is 0.508 e. The number of sulfone groups is 1. The van der Waals surface area contributed by atoms with Gasteiger partial charge in [0, 0.05) is 6.42 Å². The normalized spacial score (nSPS) is 28.3. The fourth-order valence-corrected chi connectivity index (χ4v) is 9.23. The van der Waals surface area contributed by atoms with Gasteiger partial charge in [-0.05, 0) is 109 Å². The number of rotatable bonds is 12. The van der Waals surface area contributed by atoms with E-state index in [4.69, 9.17) is 9.47 Å². The number of aryl methyl sites for hydroxylation is 1. The molecule has 2 N–H and O–H groups in total. The Kier molecular flexibility index (Phi) is 9.79. The molecule has 2 aromatic carbocycles. The van der Waals surface area contributed by atoms with Gasteiger partial charge in [0.25, 0.3) is 0 Å². The Morgan fingerprint density at radius 2 is 1.69 bits per heavy atom. The fourth-order valence-electron chi connectivity index (χ4n) is 8.07. The van der Waals surface area contributed by atoms with Crippen LogP contribution >= 0.6 is 0 Å².